The molecule has 1 heterocycles. The molecule has 2 aromatic rings. The highest BCUT2D eigenvalue weighted by Crippen LogP contribution is 2.14. The number of hydrogen-bond donors (Lipinski definition) is 2. The smallest absolute Gasteiger partial charge is 0.414 e. The summed E-state index contributed by atoms with van der Waals surface area (Å²) in [5.74, 6) is -3.74. The fourth-order valence-corrected chi connectivity index (χ4v) is 3.04. The second-order valence-corrected chi connectivity index (χ2v) is 6.74. The van der Waals surface area contributed by atoms with Crippen LogP contribution < -0.4 is 0 Å². The number of rotatable bonds is 4. The van der Waals surface area contributed by atoms with Crippen molar-refractivity contribution in [1.82, 2.24) is 9.80 Å². The van der Waals surface area contributed by atoms with Crippen LogP contribution in [0.1, 0.15) is 16.7 Å². The third-order valence-corrected chi connectivity index (χ3v) is 4.49. The number of benzene rings is 2. The second-order valence-electron chi connectivity index (χ2n) is 6.74. The maximum atomic E-state index is 13.7. The van der Waals surface area contributed by atoms with Crippen LogP contribution in [0, 0.1) is 12.7 Å². The first-order valence-corrected chi connectivity index (χ1v) is 9.05. The molecule has 0 amide bonds. The summed E-state index contributed by atoms with van der Waals surface area (Å²) in [6.07, 6.45) is 0. The van der Waals surface area contributed by atoms with Crippen LogP contribution in [-0.2, 0) is 22.7 Å². The van der Waals surface area contributed by atoms with Gasteiger partial charge in [-0.25, -0.2) is 14.0 Å². The standard InChI is InChI=1S/C19H23FN2.C2H2O4/c1-16-5-4-6-17(13-16)14-21-9-11-22(12-10-21)15-18-7-2-3-8-19(18)20;3-1(4)2(5)6/h2-8,13H,9-12,14-15H2,1H3;(H,3,4)(H,5,6). The Morgan fingerprint density at radius 2 is 1.46 bits per heavy atom. The molecule has 0 atom stereocenters. The van der Waals surface area contributed by atoms with Crippen molar-refractivity contribution in [2.24, 2.45) is 0 Å². The third kappa shape index (κ3) is 7.09. The van der Waals surface area contributed by atoms with E-state index in [4.69, 9.17) is 19.8 Å². The number of piperazine rings is 1. The molecular weight excluding hydrogens is 363 g/mol. The van der Waals surface area contributed by atoms with Crippen molar-refractivity contribution >= 4 is 11.9 Å². The summed E-state index contributed by atoms with van der Waals surface area (Å²) in [5.41, 5.74) is 3.49. The highest BCUT2D eigenvalue weighted by atomic mass is 19.1. The number of carboxylic acids is 2. The number of aliphatic carboxylic acids is 2. The molecule has 6 nitrogen and oxygen atoms in total. The molecule has 0 aliphatic carbocycles. The van der Waals surface area contributed by atoms with E-state index in [-0.39, 0.29) is 5.82 Å². The monoisotopic (exact) mass is 388 g/mol. The Morgan fingerprint density at radius 3 is 2.00 bits per heavy atom. The molecule has 1 aliphatic heterocycles. The number of aryl methyl sites for hydroxylation is 1. The maximum absolute atomic E-state index is 13.7. The van der Waals surface area contributed by atoms with Gasteiger partial charge in [0.25, 0.3) is 0 Å². The highest BCUT2D eigenvalue weighted by Gasteiger charge is 2.18. The first-order valence-electron chi connectivity index (χ1n) is 9.05. The minimum absolute atomic E-state index is 0.0929. The summed E-state index contributed by atoms with van der Waals surface area (Å²) in [6, 6.07) is 15.8. The predicted molar refractivity (Wildman–Crippen MR) is 103 cm³/mol. The molecule has 2 aromatic carbocycles. The molecule has 7 heteroatoms. The summed E-state index contributed by atoms with van der Waals surface area (Å²) in [4.78, 5) is 23.0. The zero-order valence-corrected chi connectivity index (χ0v) is 15.8. The van der Waals surface area contributed by atoms with Gasteiger partial charge in [0, 0.05) is 44.8 Å². The van der Waals surface area contributed by atoms with Gasteiger partial charge in [-0.05, 0) is 18.6 Å². The molecule has 1 saturated heterocycles. The van der Waals surface area contributed by atoms with Crippen molar-refractivity contribution in [1.29, 1.82) is 0 Å². The van der Waals surface area contributed by atoms with E-state index in [9.17, 15) is 4.39 Å². The van der Waals surface area contributed by atoms with Crippen LogP contribution in [0.3, 0.4) is 0 Å². The highest BCUT2D eigenvalue weighted by molar-refractivity contribution is 6.27. The van der Waals surface area contributed by atoms with Crippen molar-refractivity contribution in [3.63, 3.8) is 0 Å². The van der Waals surface area contributed by atoms with Crippen molar-refractivity contribution in [3.05, 3.63) is 71.0 Å². The molecular formula is C21H25FN2O4. The quantitative estimate of drug-likeness (QED) is 0.784. The number of hydrogen-bond acceptors (Lipinski definition) is 4. The molecule has 3 rings (SSSR count). The van der Waals surface area contributed by atoms with Gasteiger partial charge in [-0.1, -0.05) is 48.0 Å². The van der Waals surface area contributed by atoms with Gasteiger partial charge in [-0.2, -0.15) is 0 Å². The van der Waals surface area contributed by atoms with E-state index in [0.717, 1.165) is 38.3 Å². The molecule has 150 valence electrons. The number of nitrogens with zero attached hydrogens (tertiary/aromatic N) is 2. The van der Waals surface area contributed by atoms with Crippen molar-refractivity contribution in [2.75, 3.05) is 26.2 Å². The van der Waals surface area contributed by atoms with Crippen LogP contribution in [0.4, 0.5) is 4.39 Å². The van der Waals surface area contributed by atoms with E-state index in [0.29, 0.717) is 6.54 Å². The largest absolute Gasteiger partial charge is 0.473 e. The minimum atomic E-state index is -1.82. The molecule has 1 fully saturated rings. The predicted octanol–water partition coefficient (Wildman–Crippen LogP) is 2.61. The Morgan fingerprint density at radius 1 is 0.893 bits per heavy atom. The molecule has 2 N–H and O–H groups in total. The molecule has 0 spiro atoms. The van der Waals surface area contributed by atoms with E-state index in [1.54, 1.807) is 12.1 Å². The average Bonchev–Trinajstić information content (AvgIpc) is 2.66. The van der Waals surface area contributed by atoms with Crippen molar-refractivity contribution in [3.8, 4) is 0 Å². The number of halogens is 1. The third-order valence-electron chi connectivity index (χ3n) is 4.49. The molecule has 0 aromatic heterocycles. The molecule has 1 aliphatic rings. The Bertz CT molecular complexity index is 792. The SMILES string of the molecule is Cc1cccc(CN2CCN(Cc3ccccc3F)CC2)c1.O=C(O)C(=O)O. The number of carboxylic acid groups (broad SMARTS) is 2. The Kier molecular flexibility index (Phi) is 8.10. The van der Waals surface area contributed by atoms with E-state index >= 15 is 0 Å². The summed E-state index contributed by atoms with van der Waals surface area (Å²) in [5, 5.41) is 14.8. The fraction of sp³-hybridized carbons (Fsp3) is 0.333. The lowest BCUT2D eigenvalue weighted by atomic mass is 10.1. The molecule has 0 radical (unpaired) electrons. The zero-order valence-electron chi connectivity index (χ0n) is 15.8. The second kappa shape index (κ2) is 10.5. The Balaban J connectivity index is 0.000000409. The Hall–Kier alpha value is -2.77. The summed E-state index contributed by atoms with van der Waals surface area (Å²) >= 11 is 0. The van der Waals surface area contributed by atoms with Gasteiger partial charge in [-0.15, -0.1) is 0 Å². The van der Waals surface area contributed by atoms with Crippen LogP contribution in [0.2, 0.25) is 0 Å². The first-order chi connectivity index (χ1) is 13.3. The van der Waals surface area contributed by atoms with Gasteiger partial charge in [0.1, 0.15) is 5.82 Å². The van der Waals surface area contributed by atoms with E-state index in [1.165, 1.54) is 11.1 Å². The summed E-state index contributed by atoms with van der Waals surface area (Å²) in [6.45, 7) is 7.95. The van der Waals surface area contributed by atoms with Crippen LogP contribution in [0.15, 0.2) is 48.5 Å². The lowest BCUT2D eigenvalue weighted by Gasteiger charge is -2.34. The normalized spacial score (nSPS) is 14.8. The molecule has 0 saturated carbocycles. The average molecular weight is 388 g/mol. The van der Waals surface area contributed by atoms with Gasteiger partial charge in [0.15, 0.2) is 0 Å². The topological polar surface area (TPSA) is 81.1 Å². The van der Waals surface area contributed by atoms with E-state index < -0.39 is 11.9 Å². The van der Waals surface area contributed by atoms with Gasteiger partial charge in [0.05, 0.1) is 0 Å². The molecule has 0 unspecified atom stereocenters. The van der Waals surface area contributed by atoms with Gasteiger partial charge < -0.3 is 10.2 Å². The summed E-state index contributed by atoms with van der Waals surface area (Å²) in [7, 11) is 0. The van der Waals surface area contributed by atoms with Gasteiger partial charge >= 0.3 is 11.9 Å². The maximum Gasteiger partial charge on any atom is 0.414 e. The molecule has 28 heavy (non-hydrogen) atoms. The summed E-state index contributed by atoms with van der Waals surface area (Å²) < 4.78 is 13.7. The lowest BCUT2D eigenvalue weighted by molar-refractivity contribution is -0.159. The van der Waals surface area contributed by atoms with Crippen molar-refractivity contribution < 1.29 is 24.2 Å². The minimum Gasteiger partial charge on any atom is -0.473 e. The van der Waals surface area contributed by atoms with Gasteiger partial charge in [-0.3, -0.25) is 9.80 Å². The van der Waals surface area contributed by atoms with Crippen LogP contribution in [-0.4, -0.2) is 58.1 Å². The van der Waals surface area contributed by atoms with Crippen molar-refractivity contribution in [2.45, 2.75) is 20.0 Å². The fourth-order valence-electron chi connectivity index (χ4n) is 3.04. The van der Waals surface area contributed by atoms with E-state index in [1.807, 2.05) is 12.1 Å². The number of carbonyl (C=O) groups is 2. The van der Waals surface area contributed by atoms with Crippen LogP contribution >= 0.6 is 0 Å². The zero-order chi connectivity index (χ0) is 20.5. The lowest BCUT2D eigenvalue weighted by Crippen LogP contribution is -2.45. The molecule has 0 bridgehead atoms. The van der Waals surface area contributed by atoms with Crippen LogP contribution in [0.5, 0.6) is 0 Å². The van der Waals surface area contributed by atoms with Crippen LogP contribution in [0.25, 0.3) is 0 Å². The first kappa shape index (κ1) is 21.5. The Labute approximate surface area is 163 Å². The van der Waals surface area contributed by atoms with Gasteiger partial charge in [0.2, 0.25) is 0 Å². The van der Waals surface area contributed by atoms with E-state index in [2.05, 4.69) is 41.0 Å².